The summed E-state index contributed by atoms with van der Waals surface area (Å²) in [5.41, 5.74) is 0.763. The number of hydrogen-bond donors (Lipinski definition) is 0. The molecule has 1 atom stereocenters. The monoisotopic (exact) mass is 341 g/mol. The molecular weight excluding hydrogens is 318 g/mol. The molecule has 0 saturated carbocycles. The second-order valence-corrected chi connectivity index (χ2v) is 6.74. The van der Waals surface area contributed by atoms with E-state index in [1.165, 1.54) is 6.42 Å². The number of hydrogen-bond acceptors (Lipinski definition) is 2. The lowest BCUT2D eigenvalue weighted by molar-refractivity contribution is 0.0775. The van der Waals surface area contributed by atoms with Gasteiger partial charge < -0.3 is 14.4 Å². The van der Waals surface area contributed by atoms with Gasteiger partial charge in [-0.05, 0) is 54.3 Å². The number of aromatic nitrogens is 1. The minimum absolute atomic E-state index is 0.152. The Balaban J connectivity index is 1.92. The Morgan fingerprint density at radius 3 is 2.90 bits per heavy atom. The minimum Gasteiger partial charge on any atom is -0.345 e. The van der Waals surface area contributed by atoms with Gasteiger partial charge >= 0.3 is 0 Å². The Hall–Kier alpha value is -0.810. The number of aryl methyl sites for hydroxylation is 1. The topological polar surface area (TPSA) is 28.5 Å². The first-order valence-corrected chi connectivity index (χ1v) is 8.10. The molecule has 20 heavy (non-hydrogen) atoms. The van der Waals surface area contributed by atoms with Crippen LogP contribution in [0.1, 0.15) is 30.3 Å². The quantitative estimate of drug-likeness (QED) is 0.823. The van der Waals surface area contributed by atoms with Crippen LogP contribution >= 0.6 is 15.9 Å². The lowest BCUT2D eigenvalue weighted by atomic mass is 10.1. The largest absolute Gasteiger partial charge is 0.345 e. The van der Waals surface area contributed by atoms with Gasteiger partial charge in [0, 0.05) is 37.4 Å². The Kier molecular flexibility index (Phi) is 5.27. The smallest absolute Gasteiger partial charge is 0.270 e. The van der Waals surface area contributed by atoms with Crippen molar-refractivity contribution in [2.45, 2.75) is 19.8 Å². The van der Waals surface area contributed by atoms with Crippen LogP contribution in [-0.4, -0.2) is 53.5 Å². The minimum atomic E-state index is 0.152. The molecular formula is C15H24BrN3O. The Morgan fingerprint density at radius 2 is 2.30 bits per heavy atom. The molecule has 112 valence electrons. The molecule has 0 aromatic carbocycles. The van der Waals surface area contributed by atoms with Crippen LogP contribution in [0.4, 0.5) is 0 Å². The van der Waals surface area contributed by atoms with Gasteiger partial charge in [-0.15, -0.1) is 0 Å². The van der Waals surface area contributed by atoms with Gasteiger partial charge in [0.15, 0.2) is 0 Å². The molecule has 4 nitrogen and oxygen atoms in total. The molecule has 0 spiro atoms. The summed E-state index contributed by atoms with van der Waals surface area (Å²) in [5.74, 6) is 0.762. The first kappa shape index (κ1) is 15.6. The van der Waals surface area contributed by atoms with Crippen LogP contribution < -0.4 is 0 Å². The van der Waals surface area contributed by atoms with Crippen molar-refractivity contribution in [3.05, 3.63) is 22.4 Å². The van der Waals surface area contributed by atoms with Gasteiger partial charge in [-0.1, -0.05) is 6.92 Å². The Labute approximate surface area is 129 Å². The average molecular weight is 342 g/mol. The fraction of sp³-hybridized carbons (Fsp3) is 0.667. The summed E-state index contributed by atoms with van der Waals surface area (Å²) < 4.78 is 2.85. The third kappa shape index (κ3) is 3.64. The van der Waals surface area contributed by atoms with Gasteiger partial charge in [0.25, 0.3) is 5.91 Å². The van der Waals surface area contributed by atoms with Crippen LogP contribution in [-0.2, 0) is 7.05 Å². The zero-order chi connectivity index (χ0) is 14.7. The van der Waals surface area contributed by atoms with Gasteiger partial charge in [0.05, 0.1) is 0 Å². The number of carbonyl (C=O) groups is 1. The van der Waals surface area contributed by atoms with Crippen molar-refractivity contribution in [2.24, 2.45) is 13.0 Å². The summed E-state index contributed by atoms with van der Waals surface area (Å²) in [5, 5.41) is 0. The lowest BCUT2D eigenvalue weighted by Crippen LogP contribution is -2.32. The third-order valence-electron chi connectivity index (χ3n) is 3.94. The van der Waals surface area contributed by atoms with Crippen molar-refractivity contribution in [1.29, 1.82) is 0 Å². The van der Waals surface area contributed by atoms with E-state index < -0.39 is 0 Å². The fourth-order valence-electron chi connectivity index (χ4n) is 2.98. The van der Waals surface area contributed by atoms with E-state index in [0.717, 1.165) is 42.8 Å². The molecule has 5 heteroatoms. The molecule has 1 aliphatic rings. The van der Waals surface area contributed by atoms with Gasteiger partial charge in [-0.3, -0.25) is 4.79 Å². The van der Waals surface area contributed by atoms with Crippen LogP contribution in [0.2, 0.25) is 0 Å². The summed E-state index contributed by atoms with van der Waals surface area (Å²) in [6, 6.07) is 1.90. The second kappa shape index (κ2) is 6.76. The van der Waals surface area contributed by atoms with E-state index in [0.29, 0.717) is 5.92 Å². The first-order valence-electron chi connectivity index (χ1n) is 7.31. The molecule has 2 rings (SSSR count). The van der Waals surface area contributed by atoms with E-state index in [2.05, 4.69) is 34.8 Å². The van der Waals surface area contributed by atoms with Crippen LogP contribution in [0.5, 0.6) is 0 Å². The maximum Gasteiger partial charge on any atom is 0.270 e. The number of rotatable bonds is 5. The summed E-state index contributed by atoms with van der Waals surface area (Å²) in [6.45, 7) is 6.19. The highest BCUT2D eigenvalue weighted by molar-refractivity contribution is 9.10. The predicted molar refractivity (Wildman–Crippen MR) is 84.9 cm³/mol. The molecule has 1 amide bonds. The summed E-state index contributed by atoms with van der Waals surface area (Å²) in [7, 11) is 4.09. The SMILES string of the molecule is CCCN(C)C[C@@H]1CCN(C(=O)c2cc(Br)cn2C)C1. The molecule has 1 aromatic rings. The molecule has 1 saturated heterocycles. The second-order valence-electron chi connectivity index (χ2n) is 5.82. The number of halogens is 1. The van der Waals surface area contributed by atoms with Gasteiger partial charge in [0.2, 0.25) is 0 Å². The van der Waals surface area contributed by atoms with Crippen molar-refractivity contribution < 1.29 is 4.79 Å². The van der Waals surface area contributed by atoms with E-state index in [1.54, 1.807) is 0 Å². The number of carbonyl (C=O) groups excluding carboxylic acids is 1. The fourth-order valence-corrected chi connectivity index (χ4v) is 3.50. The third-order valence-corrected chi connectivity index (χ3v) is 4.37. The highest BCUT2D eigenvalue weighted by Crippen LogP contribution is 2.21. The number of amides is 1. The van der Waals surface area contributed by atoms with Crippen molar-refractivity contribution in [3.63, 3.8) is 0 Å². The van der Waals surface area contributed by atoms with Gasteiger partial charge in [0.1, 0.15) is 5.69 Å². The van der Waals surface area contributed by atoms with Gasteiger partial charge in [-0.2, -0.15) is 0 Å². The highest BCUT2D eigenvalue weighted by Gasteiger charge is 2.28. The summed E-state index contributed by atoms with van der Waals surface area (Å²) >= 11 is 3.42. The first-order chi connectivity index (χ1) is 9.51. The van der Waals surface area contributed by atoms with Crippen molar-refractivity contribution in [3.8, 4) is 0 Å². The zero-order valence-electron chi connectivity index (χ0n) is 12.6. The predicted octanol–water partition coefficient (Wildman–Crippen LogP) is 2.59. The Morgan fingerprint density at radius 1 is 1.55 bits per heavy atom. The van der Waals surface area contributed by atoms with Gasteiger partial charge in [-0.25, -0.2) is 0 Å². The van der Waals surface area contributed by atoms with Crippen molar-refractivity contribution in [2.75, 3.05) is 33.2 Å². The molecule has 0 radical (unpaired) electrons. The molecule has 1 fully saturated rings. The molecule has 1 aromatic heterocycles. The summed E-state index contributed by atoms with van der Waals surface area (Å²) in [6.07, 6.45) is 4.23. The van der Waals surface area contributed by atoms with E-state index in [-0.39, 0.29) is 5.91 Å². The average Bonchev–Trinajstić information content (AvgIpc) is 2.95. The summed E-state index contributed by atoms with van der Waals surface area (Å²) in [4.78, 5) is 16.9. The van der Waals surface area contributed by atoms with E-state index >= 15 is 0 Å². The normalized spacial score (nSPS) is 19.1. The van der Waals surface area contributed by atoms with Crippen LogP contribution in [0, 0.1) is 5.92 Å². The van der Waals surface area contributed by atoms with Crippen LogP contribution in [0.3, 0.4) is 0 Å². The lowest BCUT2D eigenvalue weighted by Gasteiger charge is -2.21. The van der Waals surface area contributed by atoms with Crippen LogP contribution in [0.25, 0.3) is 0 Å². The molecule has 0 N–H and O–H groups in total. The van der Waals surface area contributed by atoms with Crippen molar-refractivity contribution in [1.82, 2.24) is 14.4 Å². The standard InChI is InChI=1S/C15H24BrN3O/c1-4-6-17(2)9-12-5-7-19(10-12)15(20)14-8-13(16)11-18(14)3/h8,11-12H,4-7,9-10H2,1-3H3/t12-/m0/s1. The zero-order valence-corrected chi connectivity index (χ0v) is 14.2. The molecule has 2 heterocycles. The number of nitrogens with zero attached hydrogens (tertiary/aromatic N) is 3. The molecule has 0 unspecified atom stereocenters. The van der Waals surface area contributed by atoms with Crippen molar-refractivity contribution >= 4 is 21.8 Å². The maximum absolute atomic E-state index is 12.5. The maximum atomic E-state index is 12.5. The van der Waals surface area contributed by atoms with Crippen LogP contribution in [0.15, 0.2) is 16.7 Å². The highest BCUT2D eigenvalue weighted by atomic mass is 79.9. The van der Waals surface area contributed by atoms with E-state index in [9.17, 15) is 4.79 Å². The molecule has 1 aliphatic heterocycles. The Bertz CT molecular complexity index is 472. The molecule has 0 aliphatic carbocycles. The molecule has 0 bridgehead atoms. The van der Waals surface area contributed by atoms with E-state index in [4.69, 9.17) is 0 Å². The van der Waals surface area contributed by atoms with E-state index in [1.807, 2.05) is 28.8 Å². The number of likely N-dealkylation sites (tertiary alicyclic amines) is 1.